The van der Waals surface area contributed by atoms with Gasteiger partial charge in [-0.3, -0.25) is 0 Å². The van der Waals surface area contributed by atoms with Crippen molar-refractivity contribution in [2.75, 3.05) is 0 Å². The zero-order valence-corrected chi connectivity index (χ0v) is 9.80. The highest BCUT2D eigenvalue weighted by molar-refractivity contribution is 4.82. The van der Waals surface area contributed by atoms with Crippen molar-refractivity contribution in [1.29, 1.82) is 0 Å². The monoisotopic (exact) mass is 194 g/mol. The van der Waals surface area contributed by atoms with Crippen molar-refractivity contribution in [1.82, 2.24) is 0 Å². The molecule has 2 aliphatic carbocycles. The van der Waals surface area contributed by atoms with Gasteiger partial charge in [-0.2, -0.15) is 0 Å². The molecule has 0 nitrogen and oxygen atoms in total. The van der Waals surface area contributed by atoms with Crippen LogP contribution in [0.1, 0.15) is 71.1 Å². The molecule has 2 fully saturated rings. The molecule has 0 spiro atoms. The highest BCUT2D eigenvalue weighted by Crippen LogP contribution is 2.43. The molecule has 2 rings (SSSR count). The van der Waals surface area contributed by atoms with E-state index in [2.05, 4.69) is 6.92 Å². The lowest BCUT2D eigenvalue weighted by Gasteiger charge is -2.39. The third-order valence-electron chi connectivity index (χ3n) is 4.61. The normalized spacial score (nSPS) is 37.9. The minimum Gasteiger partial charge on any atom is -0.0654 e. The topological polar surface area (TPSA) is 0 Å². The summed E-state index contributed by atoms with van der Waals surface area (Å²) in [6.45, 7) is 2.33. The Balaban J connectivity index is 1.77. The molecular weight excluding hydrogens is 168 g/mol. The molecule has 0 aliphatic heterocycles. The maximum atomic E-state index is 2.33. The summed E-state index contributed by atoms with van der Waals surface area (Å²) in [4.78, 5) is 0. The van der Waals surface area contributed by atoms with Gasteiger partial charge in [-0.25, -0.2) is 0 Å². The Kier molecular flexibility index (Phi) is 3.89. The van der Waals surface area contributed by atoms with Gasteiger partial charge in [0.15, 0.2) is 0 Å². The molecular formula is C14H26. The van der Waals surface area contributed by atoms with Crippen LogP contribution in [-0.4, -0.2) is 0 Å². The zero-order chi connectivity index (χ0) is 9.80. The molecule has 82 valence electrons. The number of unbranched alkanes of at least 4 members (excludes halogenated alkanes) is 1. The molecule has 0 bridgehead atoms. The Morgan fingerprint density at radius 2 is 1.71 bits per heavy atom. The molecule has 3 atom stereocenters. The molecule has 0 saturated heterocycles. The van der Waals surface area contributed by atoms with Crippen molar-refractivity contribution < 1.29 is 0 Å². The fraction of sp³-hybridized carbons (Fsp3) is 1.00. The van der Waals surface area contributed by atoms with E-state index in [9.17, 15) is 0 Å². The summed E-state index contributed by atoms with van der Waals surface area (Å²) in [5.41, 5.74) is 0. The molecule has 0 heteroatoms. The van der Waals surface area contributed by atoms with Gasteiger partial charge < -0.3 is 0 Å². The second kappa shape index (κ2) is 5.19. The quantitative estimate of drug-likeness (QED) is 0.606. The first-order chi connectivity index (χ1) is 6.90. The van der Waals surface area contributed by atoms with E-state index in [1.165, 1.54) is 32.1 Å². The lowest BCUT2D eigenvalue weighted by molar-refractivity contribution is 0.124. The zero-order valence-electron chi connectivity index (χ0n) is 9.80. The first-order valence-electron chi connectivity index (χ1n) is 6.90. The van der Waals surface area contributed by atoms with Gasteiger partial charge in [-0.15, -0.1) is 0 Å². The second-order valence-electron chi connectivity index (χ2n) is 5.63. The summed E-state index contributed by atoms with van der Waals surface area (Å²) in [7, 11) is 0. The number of hydrogen-bond acceptors (Lipinski definition) is 0. The van der Waals surface area contributed by atoms with E-state index in [4.69, 9.17) is 0 Å². The van der Waals surface area contributed by atoms with E-state index in [1.807, 2.05) is 0 Å². The molecule has 2 saturated carbocycles. The van der Waals surface area contributed by atoms with Gasteiger partial charge in [-0.05, 0) is 30.6 Å². The molecule has 0 aromatic rings. The molecule has 0 N–H and O–H groups in total. The first kappa shape index (κ1) is 10.5. The van der Waals surface area contributed by atoms with Crippen LogP contribution in [0.3, 0.4) is 0 Å². The lowest BCUT2D eigenvalue weighted by atomic mass is 9.67. The molecule has 0 amide bonds. The van der Waals surface area contributed by atoms with Crippen molar-refractivity contribution in [3.8, 4) is 0 Å². The summed E-state index contributed by atoms with van der Waals surface area (Å²) in [5, 5.41) is 0. The van der Waals surface area contributed by atoms with E-state index >= 15 is 0 Å². The van der Waals surface area contributed by atoms with Crippen LogP contribution in [0.15, 0.2) is 0 Å². The van der Waals surface area contributed by atoms with Gasteiger partial charge in [0.2, 0.25) is 0 Å². The fourth-order valence-corrected chi connectivity index (χ4v) is 3.73. The second-order valence-corrected chi connectivity index (χ2v) is 5.63. The van der Waals surface area contributed by atoms with Crippen LogP contribution >= 0.6 is 0 Å². The summed E-state index contributed by atoms with van der Waals surface area (Å²) in [6.07, 6.45) is 15.3. The SMILES string of the molecule is CCCC[C@H]1CC[C@@H]2CCCC[C@@H]2C1. The van der Waals surface area contributed by atoms with Crippen LogP contribution < -0.4 is 0 Å². The maximum Gasteiger partial charge on any atom is -0.0383 e. The van der Waals surface area contributed by atoms with Crippen molar-refractivity contribution in [3.63, 3.8) is 0 Å². The van der Waals surface area contributed by atoms with Gasteiger partial charge in [-0.1, -0.05) is 58.3 Å². The predicted molar refractivity (Wildman–Crippen MR) is 62.3 cm³/mol. The molecule has 0 heterocycles. The Labute approximate surface area is 89.5 Å². The Morgan fingerprint density at radius 3 is 2.50 bits per heavy atom. The van der Waals surface area contributed by atoms with Crippen LogP contribution in [-0.2, 0) is 0 Å². The van der Waals surface area contributed by atoms with Crippen LogP contribution in [0.4, 0.5) is 0 Å². The molecule has 0 radical (unpaired) electrons. The largest absolute Gasteiger partial charge is 0.0654 e. The van der Waals surface area contributed by atoms with Gasteiger partial charge in [0, 0.05) is 0 Å². The van der Waals surface area contributed by atoms with Crippen molar-refractivity contribution >= 4 is 0 Å². The number of fused-ring (bicyclic) bond motifs is 1. The average Bonchev–Trinajstić information content (AvgIpc) is 2.26. The average molecular weight is 194 g/mol. The lowest BCUT2D eigenvalue weighted by Crippen LogP contribution is -2.27. The van der Waals surface area contributed by atoms with E-state index < -0.39 is 0 Å². The van der Waals surface area contributed by atoms with Gasteiger partial charge in [0.1, 0.15) is 0 Å². The van der Waals surface area contributed by atoms with Crippen LogP contribution in [0.25, 0.3) is 0 Å². The van der Waals surface area contributed by atoms with E-state index in [1.54, 1.807) is 32.1 Å². The van der Waals surface area contributed by atoms with Crippen molar-refractivity contribution in [2.45, 2.75) is 71.1 Å². The number of hydrogen-bond donors (Lipinski definition) is 0. The highest BCUT2D eigenvalue weighted by Gasteiger charge is 2.31. The van der Waals surface area contributed by atoms with E-state index in [0.717, 1.165) is 17.8 Å². The Hall–Kier alpha value is 0. The molecule has 0 aromatic carbocycles. The van der Waals surface area contributed by atoms with E-state index in [-0.39, 0.29) is 0 Å². The number of rotatable bonds is 3. The van der Waals surface area contributed by atoms with Crippen LogP contribution in [0.5, 0.6) is 0 Å². The third kappa shape index (κ3) is 2.52. The summed E-state index contributed by atoms with van der Waals surface area (Å²) in [6, 6.07) is 0. The Morgan fingerprint density at radius 1 is 0.929 bits per heavy atom. The van der Waals surface area contributed by atoms with Crippen molar-refractivity contribution in [3.05, 3.63) is 0 Å². The molecule has 0 unspecified atom stereocenters. The van der Waals surface area contributed by atoms with Crippen LogP contribution in [0.2, 0.25) is 0 Å². The summed E-state index contributed by atoms with van der Waals surface area (Å²) in [5.74, 6) is 3.38. The Bertz CT molecular complexity index is 161. The van der Waals surface area contributed by atoms with Crippen molar-refractivity contribution in [2.24, 2.45) is 17.8 Å². The predicted octanol–water partition coefficient (Wildman–Crippen LogP) is 4.78. The van der Waals surface area contributed by atoms with Gasteiger partial charge >= 0.3 is 0 Å². The standard InChI is InChI=1S/C14H26/c1-2-3-6-12-9-10-13-7-4-5-8-14(13)11-12/h12-14H,2-11H2,1H3/t12-,13-,14+/m0/s1. The first-order valence-corrected chi connectivity index (χ1v) is 6.90. The van der Waals surface area contributed by atoms with Gasteiger partial charge in [0.25, 0.3) is 0 Å². The molecule has 2 aliphatic rings. The van der Waals surface area contributed by atoms with E-state index in [0.29, 0.717) is 0 Å². The third-order valence-corrected chi connectivity index (χ3v) is 4.61. The summed E-state index contributed by atoms with van der Waals surface area (Å²) < 4.78 is 0. The maximum absolute atomic E-state index is 2.33. The highest BCUT2D eigenvalue weighted by atomic mass is 14.4. The van der Waals surface area contributed by atoms with Gasteiger partial charge in [0.05, 0.1) is 0 Å². The molecule has 14 heavy (non-hydrogen) atoms. The minimum atomic E-state index is 1.11. The smallest absolute Gasteiger partial charge is 0.0383 e. The molecule has 0 aromatic heterocycles. The minimum absolute atomic E-state index is 1.11. The summed E-state index contributed by atoms with van der Waals surface area (Å²) >= 11 is 0. The van der Waals surface area contributed by atoms with Crippen LogP contribution in [0, 0.1) is 17.8 Å². The fourth-order valence-electron chi connectivity index (χ4n) is 3.73.